The molecular formula is C26H22O3. The van der Waals surface area contributed by atoms with E-state index in [9.17, 15) is 5.11 Å². The van der Waals surface area contributed by atoms with Crippen LogP contribution in [-0.2, 0) is 6.61 Å². The van der Waals surface area contributed by atoms with Crippen LogP contribution in [0.4, 0.5) is 0 Å². The number of ether oxygens (including phenoxy) is 2. The summed E-state index contributed by atoms with van der Waals surface area (Å²) in [6.45, 7) is 0.492. The van der Waals surface area contributed by atoms with Crippen LogP contribution in [0.5, 0.6) is 17.2 Å². The van der Waals surface area contributed by atoms with Crippen LogP contribution in [0.25, 0.3) is 0 Å². The molecule has 1 N–H and O–H groups in total. The molecule has 3 heteroatoms. The Hall–Kier alpha value is -3.56. The fourth-order valence-corrected chi connectivity index (χ4v) is 3.05. The molecule has 0 heterocycles. The third-order valence-corrected chi connectivity index (χ3v) is 4.60. The summed E-state index contributed by atoms with van der Waals surface area (Å²) in [6.07, 6.45) is -0.735. The van der Waals surface area contributed by atoms with Gasteiger partial charge >= 0.3 is 0 Å². The molecule has 0 aliphatic carbocycles. The summed E-state index contributed by atoms with van der Waals surface area (Å²) >= 11 is 0. The van der Waals surface area contributed by atoms with Crippen LogP contribution in [0.15, 0.2) is 109 Å². The van der Waals surface area contributed by atoms with Gasteiger partial charge in [0.2, 0.25) is 0 Å². The van der Waals surface area contributed by atoms with E-state index in [1.165, 1.54) is 0 Å². The van der Waals surface area contributed by atoms with Gasteiger partial charge in [-0.3, -0.25) is 0 Å². The van der Waals surface area contributed by atoms with Crippen molar-refractivity contribution in [2.75, 3.05) is 0 Å². The van der Waals surface area contributed by atoms with Crippen molar-refractivity contribution in [3.8, 4) is 17.2 Å². The van der Waals surface area contributed by atoms with Gasteiger partial charge < -0.3 is 14.6 Å². The predicted molar refractivity (Wildman–Crippen MR) is 114 cm³/mol. The summed E-state index contributed by atoms with van der Waals surface area (Å²) < 4.78 is 11.7. The fraction of sp³-hybridized carbons (Fsp3) is 0.0769. The van der Waals surface area contributed by atoms with Crippen LogP contribution in [-0.4, -0.2) is 5.11 Å². The molecule has 0 saturated carbocycles. The van der Waals surface area contributed by atoms with Gasteiger partial charge in [0.1, 0.15) is 30.0 Å². The molecule has 4 aromatic rings. The Bertz CT molecular complexity index is 1030. The van der Waals surface area contributed by atoms with E-state index in [0.717, 1.165) is 33.9 Å². The zero-order valence-corrected chi connectivity index (χ0v) is 15.9. The maximum absolute atomic E-state index is 10.8. The lowest BCUT2D eigenvalue weighted by molar-refractivity contribution is 0.219. The van der Waals surface area contributed by atoms with Gasteiger partial charge in [-0.15, -0.1) is 0 Å². The Balaban J connectivity index is 1.43. The summed E-state index contributed by atoms with van der Waals surface area (Å²) in [7, 11) is 0. The molecule has 0 amide bonds. The summed E-state index contributed by atoms with van der Waals surface area (Å²) in [6, 6.07) is 34.7. The first kappa shape index (κ1) is 18.8. The van der Waals surface area contributed by atoms with E-state index in [4.69, 9.17) is 9.47 Å². The summed E-state index contributed by atoms with van der Waals surface area (Å²) in [5, 5.41) is 10.8. The Labute approximate surface area is 170 Å². The minimum Gasteiger partial charge on any atom is -0.489 e. The Morgan fingerprint density at radius 3 is 1.93 bits per heavy atom. The number of benzene rings is 4. The monoisotopic (exact) mass is 382 g/mol. The van der Waals surface area contributed by atoms with Gasteiger partial charge in [-0.1, -0.05) is 72.8 Å². The highest BCUT2D eigenvalue weighted by Crippen LogP contribution is 2.28. The highest BCUT2D eigenvalue weighted by Gasteiger charge is 2.12. The minimum absolute atomic E-state index is 0.492. The number of aliphatic hydroxyl groups excluding tert-OH is 1. The summed E-state index contributed by atoms with van der Waals surface area (Å²) in [5.41, 5.74) is 2.69. The fourth-order valence-electron chi connectivity index (χ4n) is 3.05. The van der Waals surface area contributed by atoms with E-state index in [0.29, 0.717) is 6.61 Å². The molecule has 0 saturated heterocycles. The van der Waals surface area contributed by atoms with Crippen LogP contribution in [0.3, 0.4) is 0 Å². The van der Waals surface area contributed by atoms with E-state index in [1.807, 2.05) is 109 Å². The molecule has 0 radical (unpaired) electrons. The quantitative estimate of drug-likeness (QED) is 0.417. The van der Waals surface area contributed by atoms with Gasteiger partial charge in [0, 0.05) is 0 Å². The normalized spacial score (nSPS) is 11.6. The molecule has 4 rings (SSSR count). The third-order valence-electron chi connectivity index (χ3n) is 4.60. The van der Waals surface area contributed by atoms with Crippen LogP contribution in [0.2, 0.25) is 0 Å². The molecule has 0 fully saturated rings. The van der Waals surface area contributed by atoms with E-state index in [-0.39, 0.29) is 0 Å². The van der Waals surface area contributed by atoms with Crippen LogP contribution in [0.1, 0.15) is 22.8 Å². The number of hydrogen-bond donors (Lipinski definition) is 1. The molecule has 0 aliphatic heterocycles. The lowest BCUT2D eigenvalue weighted by atomic mass is 10.0. The van der Waals surface area contributed by atoms with Gasteiger partial charge in [-0.2, -0.15) is 0 Å². The zero-order chi connectivity index (χ0) is 19.9. The van der Waals surface area contributed by atoms with Crippen molar-refractivity contribution < 1.29 is 14.6 Å². The molecule has 29 heavy (non-hydrogen) atoms. The van der Waals surface area contributed by atoms with Crippen molar-refractivity contribution in [1.82, 2.24) is 0 Å². The summed E-state index contributed by atoms with van der Waals surface area (Å²) in [4.78, 5) is 0. The lowest BCUT2D eigenvalue weighted by Crippen LogP contribution is -2.01. The molecule has 0 unspecified atom stereocenters. The first-order valence-corrected chi connectivity index (χ1v) is 9.55. The second kappa shape index (κ2) is 9.09. The molecule has 0 aromatic heterocycles. The van der Waals surface area contributed by atoms with Crippen molar-refractivity contribution in [2.45, 2.75) is 12.7 Å². The van der Waals surface area contributed by atoms with Crippen molar-refractivity contribution >= 4 is 0 Å². The lowest BCUT2D eigenvalue weighted by Gasteiger charge is -2.14. The number of rotatable bonds is 7. The van der Waals surface area contributed by atoms with E-state index < -0.39 is 6.10 Å². The van der Waals surface area contributed by atoms with Gasteiger partial charge in [0.05, 0.1) is 0 Å². The zero-order valence-electron chi connectivity index (χ0n) is 15.9. The molecule has 4 aromatic carbocycles. The smallest absolute Gasteiger partial charge is 0.127 e. The van der Waals surface area contributed by atoms with E-state index in [2.05, 4.69) is 0 Å². The van der Waals surface area contributed by atoms with Crippen molar-refractivity contribution in [3.05, 3.63) is 126 Å². The highest BCUT2D eigenvalue weighted by atomic mass is 16.5. The Kier molecular flexibility index (Phi) is 5.89. The highest BCUT2D eigenvalue weighted by molar-refractivity contribution is 5.38. The standard InChI is InChI=1S/C26H22O3/c27-26(21-14-16-24(17-15-21)29-23-11-5-2-6-12-23)22-10-7-13-25(18-22)28-19-20-8-3-1-4-9-20/h1-18,26-27H,19H2/t26-/m1/s1. The van der Waals surface area contributed by atoms with E-state index in [1.54, 1.807) is 0 Å². The number of aliphatic hydroxyl groups is 1. The largest absolute Gasteiger partial charge is 0.489 e. The van der Waals surface area contributed by atoms with Crippen LogP contribution < -0.4 is 9.47 Å². The number of para-hydroxylation sites is 1. The predicted octanol–water partition coefficient (Wildman–Crippen LogP) is 6.14. The molecule has 1 atom stereocenters. The molecule has 0 aliphatic rings. The Morgan fingerprint density at radius 2 is 1.21 bits per heavy atom. The molecule has 0 bridgehead atoms. The van der Waals surface area contributed by atoms with Gasteiger partial charge in [0.15, 0.2) is 0 Å². The minimum atomic E-state index is -0.735. The molecule has 0 spiro atoms. The first-order valence-electron chi connectivity index (χ1n) is 9.55. The van der Waals surface area contributed by atoms with Crippen molar-refractivity contribution in [2.24, 2.45) is 0 Å². The molecular weight excluding hydrogens is 360 g/mol. The summed E-state index contributed by atoms with van der Waals surface area (Å²) in [5.74, 6) is 2.24. The topological polar surface area (TPSA) is 38.7 Å². The van der Waals surface area contributed by atoms with Crippen molar-refractivity contribution in [3.63, 3.8) is 0 Å². The second-order valence-electron chi connectivity index (χ2n) is 6.73. The Morgan fingerprint density at radius 1 is 0.586 bits per heavy atom. The SMILES string of the molecule is O[C@H](c1ccc(Oc2ccccc2)cc1)c1cccc(OCc2ccccc2)c1. The maximum Gasteiger partial charge on any atom is 0.127 e. The number of hydrogen-bond acceptors (Lipinski definition) is 3. The molecule has 144 valence electrons. The van der Waals surface area contributed by atoms with Gasteiger partial charge in [-0.25, -0.2) is 0 Å². The second-order valence-corrected chi connectivity index (χ2v) is 6.73. The average molecular weight is 382 g/mol. The van der Waals surface area contributed by atoms with Crippen molar-refractivity contribution in [1.29, 1.82) is 0 Å². The van der Waals surface area contributed by atoms with E-state index >= 15 is 0 Å². The van der Waals surface area contributed by atoms with Gasteiger partial charge in [-0.05, 0) is 53.1 Å². The van der Waals surface area contributed by atoms with Crippen LogP contribution in [0, 0.1) is 0 Å². The van der Waals surface area contributed by atoms with Crippen LogP contribution >= 0.6 is 0 Å². The third kappa shape index (κ3) is 5.03. The maximum atomic E-state index is 10.8. The van der Waals surface area contributed by atoms with Gasteiger partial charge in [0.25, 0.3) is 0 Å². The molecule has 3 nitrogen and oxygen atoms in total. The average Bonchev–Trinajstić information content (AvgIpc) is 2.79. The first-order chi connectivity index (χ1) is 14.3.